The lowest BCUT2D eigenvalue weighted by molar-refractivity contribution is -0.135. The fourth-order valence-corrected chi connectivity index (χ4v) is 3.48. The quantitative estimate of drug-likeness (QED) is 0.862. The van der Waals surface area contributed by atoms with Crippen molar-refractivity contribution >= 4 is 5.91 Å². The molecular formula is C18H25NO3. The Morgan fingerprint density at radius 1 is 1.23 bits per heavy atom. The highest BCUT2D eigenvalue weighted by molar-refractivity contribution is 5.79. The maximum Gasteiger partial charge on any atom is 0.228 e. The summed E-state index contributed by atoms with van der Waals surface area (Å²) in [4.78, 5) is 14.7. The van der Waals surface area contributed by atoms with Crippen molar-refractivity contribution in [3.63, 3.8) is 0 Å². The summed E-state index contributed by atoms with van der Waals surface area (Å²) in [5.41, 5.74) is 1.31. The topological polar surface area (TPSA) is 38.8 Å². The van der Waals surface area contributed by atoms with E-state index in [0.29, 0.717) is 12.5 Å². The normalized spacial score (nSPS) is 25.8. The molecule has 2 aliphatic rings. The second-order valence-corrected chi connectivity index (χ2v) is 6.31. The van der Waals surface area contributed by atoms with Gasteiger partial charge in [-0.3, -0.25) is 4.79 Å². The van der Waals surface area contributed by atoms with Gasteiger partial charge in [0.1, 0.15) is 5.75 Å². The van der Waals surface area contributed by atoms with Crippen LogP contribution < -0.4 is 4.74 Å². The maximum atomic E-state index is 12.7. The standard InChI is InChI=1S/C18H25NO3/c1-21-17-7-5-14(6-8-17)15-4-2-3-10-19(12-15)18(20)16-9-11-22-13-16/h5-8,15-16H,2-4,9-13H2,1H3/t15-,16+/m1/s1. The molecular weight excluding hydrogens is 278 g/mol. The number of rotatable bonds is 3. The van der Waals surface area contributed by atoms with Crippen molar-refractivity contribution in [2.75, 3.05) is 33.4 Å². The van der Waals surface area contributed by atoms with Gasteiger partial charge >= 0.3 is 0 Å². The van der Waals surface area contributed by atoms with Crippen molar-refractivity contribution in [2.24, 2.45) is 5.92 Å². The Hall–Kier alpha value is -1.55. The third-order valence-corrected chi connectivity index (χ3v) is 4.85. The fourth-order valence-electron chi connectivity index (χ4n) is 3.48. The maximum absolute atomic E-state index is 12.7. The first-order valence-corrected chi connectivity index (χ1v) is 8.28. The smallest absolute Gasteiger partial charge is 0.228 e. The first-order valence-electron chi connectivity index (χ1n) is 8.28. The second kappa shape index (κ2) is 7.14. The monoisotopic (exact) mass is 303 g/mol. The lowest BCUT2D eigenvalue weighted by atomic mass is 9.94. The molecule has 2 fully saturated rings. The molecule has 3 rings (SSSR count). The van der Waals surface area contributed by atoms with Crippen LogP contribution in [0.2, 0.25) is 0 Å². The third kappa shape index (κ3) is 3.43. The lowest BCUT2D eigenvalue weighted by Gasteiger charge is -2.27. The van der Waals surface area contributed by atoms with E-state index < -0.39 is 0 Å². The number of amides is 1. The summed E-state index contributed by atoms with van der Waals surface area (Å²) in [6.07, 6.45) is 4.31. The van der Waals surface area contributed by atoms with Gasteiger partial charge in [-0.05, 0) is 37.0 Å². The molecule has 0 aliphatic carbocycles. The number of benzene rings is 1. The summed E-state index contributed by atoms with van der Waals surface area (Å²) in [6.45, 7) is 3.05. The van der Waals surface area contributed by atoms with Crippen LogP contribution in [0.5, 0.6) is 5.75 Å². The van der Waals surface area contributed by atoms with E-state index in [1.54, 1.807) is 7.11 Å². The van der Waals surface area contributed by atoms with Crippen LogP contribution >= 0.6 is 0 Å². The van der Waals surface area contributed by atoms with Crippen molar-refractivity contribution in [1.29, 1.82) is 0 Å². The second-order valence-electron chi connectivity index (χ2n) is 6.31. The number of likely N-dealkylation sites (tertiary alicyclic amines) is 1. The molecule has 0 unspecified atom stereocenters. The van der Waals surface area contributed by atoms with Gasteiger partial charge < -0.3 is 14.4 Å². The minimum absolute atomic E-state index is 0.0783. The van der Waals surface area contributed by atoms with E-state index in [0.717, 1.165) is 44.7 Å². The zero-order chi connectivity index (χ0) is 15.4. The van der Waals surface area contributed by atoms with Gasteiger partial charge in [0, 0.05) is 25.6 Å². The molecule has 120 valence electrons. The summed E-state index contributed by atoms with van der Waals surface area (Å²) in [6, 6.07) is 8.29. The molecule has 0 bridgehead atoms. The molecule has 2 aliphatic heterocycles. The van der Waals surface area contributed by atoms with Gasteiger partial charge in [0.15, 0.2) is 0 Å². The van der Waals surface area contributed by atoms with E-state index >= 15 is 0 Å². The average Bonchev–Trinajstić information content (AvgIpc) is 2.99. The Bertz CT molecular complexity index is 494. The van der Waals surface area contributed by atoms with E-state index in [-0.39, 0.29) is 11.8 Å². The van der Waals surface area contributed by atoms with Crippen LogP contribution in [0.15, 0.2) is 24.3 Å². The minimum atomic E-state index is 0.0783. The highest BCUT2D eigenvalue weighted by Gasteiger charge is 2.30. The molecule has 0 N–H and O–H groups in total. The van der Waals surface area contributed by atoms with Gasteiger partial charge in [-0.1, -0.05) is 18.6 Å². The molecule has 1 aromatic carbocycles. The molecule has 1 aromatic rings. The van der Waals surface area contributed by atoms with E-state index in [1.165, 1.54) is 12.0 Å². The molecule has 4 nitrogen and oxygen atoms in total. The zero-order valence-corrected chi connectivity index (χ0v) is 13.3. The van der Waals surface area contributed by atoms with Gasteiger partial charge in [0.2, 0.25) is 5.91 Å². The zero-order valence-electron chi connectivity index (χ0n) is 13.3. The Morgan fingerprint density at radius 3 is 2.73 bits per heavy atom. The lowest BCUT2D eigenvalue weighted by Crippen LogP contribution is -2.38. The van der Waals surface area contributed by atoms with Crippen LogP contribution in [0.25, 0.3) is 0 Å². The Morgan fingerprint density at radius 2 is 2.05 bits per heavy atom. The van der Waals surface area contributed by atoms with Crippen LogP contribution in [0.3, 0.4) is 0 Å². The number of carbonyl (C=O) groups excluding carboxylic acids is 1. The van der Waals surface area contributed by atoms with E-state index in [9.17, 15) is 4.79 Å². The average molecular weight is 303 g/mol. The van der Waals surface area contributed by atoms with Crippen molar-refractivity contribution in [1.82, 2.24) is 4.90 Å². The molecule has 2 saturated heterocycles. The number of carbonyl (C=O) groups is 1. The predicted octanol–water partition coefficient (Wildman–Crippen LogP) is 2.83. The highest BCUT2D eigenvalue weighted by atomic mass is 16.5. The Kier molecular flexibility index (Phi) is 4.98. The number of hydrogen-bond donors (Lipinski definition) is 0. The van der Waals surface area contributed by atoms with E-state index in [2.05, 4.69) is 17.0 Å². The van der Waals surface area contributed by atoms with Crippen LogP contribution in [0, 0.1) is 5.92 Å². The van der Waals surface area contributed by atoms with Gasteiger partial charge in [-0.25, -0.2) is 0 Å². The summed E-state index contributed by atoms with van der Waals surface area (Å²) in [5, 5.41) is 0. The van der Waals surface area contributed by atoms with Crippen molar-refractivity contribution in [2.45, 2.75) is 31.6 Å². The highest BCUT2D eigenvalue weighted by Crippen LogP contribution is 2.29. The van der Waals surface area contributed by atoms with Gasteiger partial charge in [0.05, 0.1) is 19.6 Å². The molecule has 2 atom stereocenters. The van der Waals surface area contributed by atoms with Gasteiger partial charge in [-0.15, -0.1) is 0 Å². The molecule has 0 aromatic heterocycles. The summed E-state index contributed by atoms with van der Waals surface area (Å²) in [5.74, 6) is 1.68. The van der Waals surface area contributed by atoms with Crippen LogP contribution in [-0.4, -0.2) is 44.2 Å². The van der Waals surface area contributed by atoms with Gasteiger partial charge in [-0.2, -0.15) is 0 Å². The van der Waals surface area contributed by atoms with Gasteiger partial charge in [0.25, 0.3) is 0 Å². The van der Waals surface area contributed by atoms with Crippen molar-refractivity contribution < 1.29 is 14.3 Å². The Balaban J connectivity index is 1.69. The van der Waals surface area contributed by atoms with Crippen LogP contribution in [0.1, 0.15) is 37.2 Å². The summed E-state index contributed by atoms with van der Waals surface area (Å²) < 4.78 is 10.6. The predicted molar refractivity (Wildman–Crippen MR) is 85.1 cm³/mol. The number of methoxy groups -OCH3 is 1. The Labute approximate surface area is 132 Å². The largest absolute Gasteiger partial charge is 0.497 e. The molecule has 2 heterocycles. The SMILES string of the molecule is COc1ccc([C@@H]2CCCCN(C(=O)[C@H]3CCOC3)C2)cc1. The molecule has 0 spiro atoms. The van der Waals surface area contributed by atoms with E-state index in [4.69, 9.17) is 9.47 Å². The number of nitrogens with zero attached hydrogens (tertiary/aromatic N) is 1. The summed E-state index contributed by atoms with van der Waals surface area (Å²) in [7, 11) is 1.69. The van der Waals surface area contributed by atoms with Crippen molar-refractivity contribution in [3.05, 3.63) is 29.8 Å². The molecule has 1 amide bonds. The van der Waals surface area contributed by atoms with Crippen LogP contribution in [0.4, 0.5) is 0 Å². The first kappa shape index (κ1) is 15.3. The molecule has 0 saturated carbocycles. The van der Waals surface area contributed by atoms with E-state index in [1.807, 2.05) is 12.1 Å². The molecule has 22 heavy (non-hydrogen) atoms. The summed E-state index contributed by atoms with van der Waals surface area (Å²) >= 11 is 0. The van der Waals surface area contributed by atoms with Crippen molar-refractivity contribution in [3.8, 4) is 5.75 Å². The molecule has 0 radical (unpaired) electrons. The number of hydrogen-bond acceptors (Lipinski definition) is 3. The fraction of sp³-hybridized carbons (Fsp3) is 0.611. The molecule has 4 heteroatoms. The third-order valence-electron chi connectivity index (χ3n) is 4.85. The number of ether oxygens (including phenoxy) is 2. The van der Waals surface area contributed by atoms with Crippen LogP contribution in [-0.2, 0) is 9.53 Å². The minimum Gasteiger partial charge on any atom is -0.497 e. The first-order chi connectivity index (χ1) is 10.8.